The van der Waals surface area contributed by atoms with Crippen LogP contribution in [-0.4, -0.2) is 22.9 Å². The molecular weight excluding hydrogens is 194 g/mol. The first kappa shape index (κ1) is 11.8. The van der Waals surface area contributed by atoms with E-state index in [4.69, 9.17) is 5.73 Å². The van der Waals surface area contributed by atoms with E-state index in [1.165, 1.54) is 18.0 Å². The zero-order valence-electron chi connectivity index (χ0n) is 7.48. The second-order valence-corrected chi connectivity index (χ2v) is 2.26. The third kappa shape index (κ3) is 2.12. The van der Waals surface area contributed by atoms with Crippen LogP contribution in [0.15, 0.2) is 6.20 Å². The minimum Gasteiger partial charge on any atom is -0.464 e. The SMILES string of the molecule is CCn1ncc(N)c1C(=O)OC.Cl. The largest absolute Gasteiger partial charge is 0.464 e. The summed E-state index contributed by atoms with van der Waals surface area (Å²) in [6.45, 7) is 2.47. The Morgan fingerprint density at radius 2 is 2.38 bits per heavy atom. The highest BCUT2D eigenvalue weighted by molar-refractivity contribution is 5.92. The van der Waals surface area contributed by atoms with Gasteiger partial charge in [0.15, 0.2) is 5.69 Å². The monoisotopic (exact) mass is 205 g/mol. The van der Waals surface area contributed by atoms with Crippen molar-refractivity contribution >= 4 is 24.1 Å². The van der Waals surface area contributed by atoms with Crippen molar-refractivity contribution in [1.82, 2.24) is 9.78 Å². The molecule has 1 aromatic heterocycles. The summed E-state index contributed by atoms with van der Waals surface area (Å²) in [5.74, 6) is -0.452. The Balaban J connectivity index is 0.00000144. The number of hydrogen-bond donors (Lipinski definition) is 1. The fourth-order valence-electron chi connectivity index (χ4n) is 0.959. The topological polar surface area (TPSA) is 70.1 Å². The number of carbonyl (C=O) groups is 1. The Bertz CT molecular complexity index is 298. The molecule has 0 amide bonds. The first-order chi connectivity index (χ1) is 5.70. The van der Waals surface area contributed by atoms with Gasteiger partial charge in [-0.2, -0.15) is 5.10 Å². The number of aromatic nitrogens is 2. The smallest absolute Gasteiger partial charge is 0.358 e. The molecule has 0 aliphatic heterocycles. The Kier molecular flexibility index (Phi) is 4.27. The van der Waals surface area contributed by atoms with Crippen LogP contribution in [0.5, 0.6) is 0 Å². The van der Waals surface area contributed by atoms with Crippen LogP contribution in [0.1, 0.15) is 17.4 Å². The molecule has 1 rings (SSSR count). The van der Waals surface area contributed by atoms with Crippen LogP contribution in [0.3, 0.4) is 0 Å². The third-order valence-corrected chi connectivity index (χ3v) is 1.55. The molecule has 0 fully saturated rings. The van der Waals surface area contributed by atoms with Gasteiger partial charge < -0.3 is 10.5 Å². The van der Waals surface area contributed by atoms with Crippen molar-refractivity contribution in [2.75, 3.05) is 12.8 Å². The maximum atomic E-state index is 11.1. The number of halogens is 1. The second kappa shape index (κ2) is 4.71. The summed E-state index contributed by atoms with van der Waals surface area (Å²) in [5, 5.41) is 3.89. The number of carbonyl (C=O) groups excluding carboxylic acids is 1. The molecule has 0 saturated carbocycles. The van der Waals surface area contributed by atoms with Crippen LogP contribution < -0.4 is 5.73 Å². The molecule has 0 spiro atoms. The summed E-state index contributed by atoms with van der Waals surface area (Å²) in [7, 11) is 1.31. The Morgan fingerprint density at radius 3 is 2.85 bits per heavy atom. The number of nitrogens with zero attached hydrogens (tertiary/aromatic N) is 2. The van der Waals surface area contributed by atoms with Crippen LogP contribution in [0.25, 0.3) is 0 Å². The highest BCUT2D eigenvalue weighted by Crippen LogP contribution is 2.11. The molecule has 1 aromatic rings. The molecule has 6 heteroatoms. The van der Waals surface area contributed by atoms with Crippen LogP contribution in [0.4, 0.5) is 5.69 Å². The van der Waals surface area contributed by atoms with E-state index in [-0.39, 0.29) is 12.4 Å². The average molecular weight is 206 g/mol. The minimum absolute atomic E-state index is 0. The summed E-state index contributed by atoms with van der Waals surface area (Å²) >= 11 is 0. The van der Waals surface area contributed by atoms with Crippen LogP contribution in [0, 0.1) is 0 Å². The van der Waals surface area contributed by atoms with Gasteiger partial charge in [-0.1, -0.05) is 0 Å². The van der Waals surface area contributed by atoms with Crippen molar-refractivity contribution in [3.63, 3.8) is 0 Å². The number of ether oxygens (including phenoxy) is 1. The molecule has 0 bridgehead atoms. The highest BCUT2D eigenvalue weighted by Gasteiger charge is 2.15. The molecule has 1 heterocycles. The summed E-state index contributed by atoms with van der Waals surface area (Å²) in [6, 6.07) is 0. The van der Waals surface area contributed by atoms with Crippen LogP contribution in [-0.2, 0) is 11.3 Å². The number of methoxy groups -OCH3 is 1. The molecular formula is C7H12ClN3O2. The molecule has 0 unspecified atom stereocenters. The van der Waals surface area contributed by atoms with Crippen molar-refractivity contribution in [3.8, 4) is 0 Å². The van der Waals surface area contributed by atoms with E-state index < -0.39 is 5.97 Å². The molecule has 0 aliphatic rings. The zero-order chi connectivity index (χ0) is 9.14. The molecule has 0 aromatic carbocycles. The number of anilines is 1. The van der Waals surface area contributed by atoms with E-state index in [9.17, 15) is 4.79 Å². The van der Waals surface area contributed by atoms with Gasteiger partial charge in [0.1, 0.15) is 0 Å². The van der Waals surface area contributed by atoms with E-state index in [0.717, 1.165) is 0 Å². The van der Waals surface area contributed by atoms with E-state index >= 15 is 0 Å². The van der Waals surface area contributed by atoms with E-state index in [0.29, 0.717) is 17.9 Å². The van der Waals surface area contributed by atoms with Gasteiger partial charge in [-0.25, -0.2) is 4.79 Å². The normalized spacial score (nSPS) is 9.08. The lowest BCUT2D eigenvalue weighted by molar-refractivity contribution is 0.0588. The van der Waals surface area contributed by atoms with Crippen LogP contribution >= 0.6 is 12.4 Å². The van der Waals surface area contributed by atoms with Crippen molar-refractivity contribution in [1.29, 1.82) is 0 Å². The maximum Gasteiger partial charge on any atom is 0.358 e. The average Bonchev–Trinajstić information content (AvgIpc) is 2.45. The number of hydrogen-bond acceptors (Lipinski definition) is 4. The standard InChI is InChI=1S/C7H11N3O2.ClH/c1-3-10-6(7(11)12-2)5(8)4-9-10;/h4H,3,8H2,1-2H3;1H. The van der Waals surface area contributed by atoms with Crippen molar-refractivity contribution < 1.29 is 9.53 Å². The fraction of sp³-hybridized carbons (Fsp3) is 0.429. The van der Waals surface area contributed by atoms with Gasteiger partial charge in [0, 0.05) is 6.54 Å². The molecule has 13 heavy (non-hydrogen) atoms. The van der Waals surface area contributed by atoms with Crippen molar-refractivity contribution in [2.45, 2.75) is 13.5 Å². The van der Waals surface area contributed by atoms with Gasteiger partial charge in [0.05, 0.1) is 19.0 Å². The van der Waals surface area contributed by atoms with E-state index in [1.807, 2.05) is 6.92 Å². The lowest BCUT2D eigenvalue weighted by atomic mass is 10.4. The third-order valence-electron chi connectivity index (χ3n) is 1.55. The predicted octanol–water partition coefficient (Wildman–Crippen LogP) is 0.694. The Hall–Kier alpha value is -1.23. The first-order valence-electron chi connectivity index (χ1n) is 3.60. The predicted molar refractivity (Wildman–Crippen MR) is 50.9 cm³/mol. The Morgan fingerprint density at radius 1 is 1.77 bits per heavy atom. The molecule has 2 N–H and O–H groups in total. The maximum absolute atomic E-state index is 11.1. The van der Waals surface area contributed by atoms with Gasteiger partial charge in [-0.05, 0) is 6.92 Å². The van der Waals surface area contributed by atoms with Gasteiger partial charge in [-0.3, -0.25) is 4.68 Å². The Labute approximate surface area is 82.3 Å². The molecule has 0 saturated heterocycles. The molecule has 5 nitrogen and oxygen atoms in total. The lowest BCUT2D eigenvalue weighted by Gasteiger charge is -2.02. The quantitative estimate of drug-likeness (QED) is 0.722. The second-order valence-electron chi connectivity index (χ2n) is 2.26. The van der Waals surface area contributed by atoms with E-state index in [2.05, 4.69) is 9.84 Å². The number of aryl methyl sites for hydroxylation is 1. The number of nitrogen functional groups attached to an aromatic ring is 1. The molecule has 0 atom stereocenters. The summed E-state index contributed by atoms with van der Waals surface area (Å²) in [5.41, 5.74) is 6.18. The highest BCUT2D eigenvalue weighted by atomic mass is 35.5. The lowest BCUT2D eigenvalue weighted by Crippen LogP contribution is -2.12. The summed E-state index contributed by atoms with van der Waals surface area (Å²) in [4.78, 5) is 11.1. The van der Waals surface area contributed by atoms with E-state index in [1.54, 1.807) is 0 Å². The summed E-state index contributed by atoms with van der Waals surface area (Å²) < 4.78 is 6.04. The zero-order valence-corrected chi connectivity index (χ0v) is 8.30. The van der Waals surface area contributed by atoms with Crippen molar-refractivity contribution in [2.24, 2.45) is 0 Å². The fourth-order valence-corrected chi connectivity index (χ4v) is 0.959. The van der Waals surface area contributed by atoms with Gasteiger partial charge in [-0.15, -0.1) is 12.4 Å². The number of rotatable bonds is 2. The van der Waals surface area contributed by atoms with Crippen LogP contribution in [0.2, 0.25) is 0 Å². The molecule has 0 aliphatic carbocycles. The first-order valence-corrected chi connectivity index (χ1v) is 3.60. The number of esters is 1. The number of nitrogens with two attached hydrogens (primary N) is 1. The van der Waals surface area contributed by atoms with Gasteiger partial charge >= 0.3 is 5.97 Å². The molecule has 0 radical (unpaired) electrons. The van der Waals surface area contributed by atoms with Gasteiger partial charge in [0.25, 0.3) is 0 Å². The summed E-state index contributed by atoms with van der Waals surface area (Å²) in [6.07, 6.45) is 1.44. The van der Waals surface area contributed by atoms with Gasteiger partial charge in [0.2, 0.25) is 0 Å². The minimum atomic E-state index is -0.452. The van der Waals surface area contributed by atoms with Crippen molar-refractivity contribution in [3.05, 3.63) is 11.9 Å². The molecule has 74 valence electrons.